The number of para-hydroxylation sites is 1. The van der Waals surface area contributed by atoms with Crippen LogP contribution in [0.5, 0.6) is 11.5 Å². The SMILES string of the molecule is O=C(NC1CCN(CC(=O)N2CCN(C3CCC3)CC2)C1)c1ccc(Oc2ccccc2)cc1. The highest BCUT2D eigenvalue weighted by atomic mass is 16.5. The fourth-order valence-electron chi connectivity index (χ4n) is 5.04. The minimum Gasteiger partial charge on any atom is -0.457 e. The maximum absolute atomic E-state index is 12.8. The molecular formula is C27H34N4O3. The number of carbonyl (C=O) groups excluding carboxylic acids is 2. The molecular weight excluding hydrogens is 428 g/mol. The van der Waals surface area contributed by atoms with Crippen molar-refractivity contribution in [3.05, 3.63) is 60.2 Å². The van der Waals surface area contributed by atoms with Gasteiger partial charge in [-0.1, -0.05) is 24.6 Å². The van der Waals surface area contributed by atoms with Crippen molar-refractivity contribution in [2.45, 2.75) is 37.8 Å². The van der Waals surface area contributed by atoms with Gasteiger partial charge in [0.2, 0.25) is 5.91 Å². The van der Waals surface area contributed by atoms with E-state index in [9.17, 15) is 9.59 Å². The Bertz CT molecular complexity index is 969. The number of ether oxygens (including phenoxy) is 1. The molecule has 5 rings (SSSR count). The van der Waals surface area contributed by atoms with Gasteiger partial charge in [-0.15, -0.1) is 0 Å². The van der Waals surface area contributed by atoms with Gasteiger partial charge in [0, 0.05) is 56.9 Å². The molecule has 2 aliphatic heterocycles. The van der Waals surface area contributed by atoms with E-state index in [1.165, 1.54) is 19.3 Å². The van der Waals surface area contributed by atoms with Crippen LogP contribution in [0.25, 0.3) is 0 Å². The Hall–Kier alpha value is -2.90. The third-order valence-electron chi connectivity index (χ3n) is 7.32. The van der Waals surface area contributed by atoms with E-state index in [1.54, 1.807) is 12.1 Å². The second-order valence-corrected chi connectivity index (χ2v) is 9.64. The van der Waals surface area contributed by atoms with E-state index >= 15 is 0 Å². The van der Waals surface area contributed by atoms with Crippen molar-refractivity contribution in [2.75, 3.05) is 45.8 Å². The van der Waals surface area contributed by atoms with Gasteiger partial charge in [0.05, 0.1) is 6.54 Å². The summed E-state index contributed by atoms with van der Waals surface area (Å²) in [5, 5.41) is 3.13. The molecule has 0 bridgehead atoms. The van der Waals surface area contributed by atoms with Crippen LogP contribution in [0.1, 0.15) is 36.0 Å². The molecule has 1 aliphatic carbocycles. The van der Waals surface area contributed by atoms with Gasteiger partial charge < -0.3 is 15.0 Å². The molecule has 0 radical (unpaired) electrons. The van der Waals surface area contributed by atoms with Gasteiger partial charge in [-0.3, -0.25) is 19.4 Å². The van der Waals surface area contributed by atoms with Crippen molar-refractivity contribution >= 4 is 11.8 Å². The fourth-order valence-corrected chi connectivity index (χ4v) is 5.04. The number of carbonyl (C=O) groups is 2. The Morgan fingerprint density at radius 3 is 2.24 bits per heavy atom. The van der Waals surface area contributed by atoms with Crippen LogP contribution in [0.15, 0.2) is 54.6 Å². The molecule has 2 amide bonds. The van der Waals surface area contributed by atoms with Crippen LogP contribution in [0, 0.1) is 0 Å². The monoisotopic (exact) mass is 462 g/mol. The van der Waals surface area contributed by atoms with Crippen LogP contribution in [0.4, 0.5) is 0 Å². The highest BCUT2D eigenvalue weighted by Gasteiger charge is 2.31. The van der Waals surface area contributed by atoms with Crippen LogP contribution >= 0.6 is 0 Å². The van der Waals surface area contributed by atoms with Crippen LogP contribution in [-0.4, -0.2) is 84.4 Å². The topological polar surface area (TPSA) is 65.1 Å². The molecule has 2 aromatic carbocycles. The summed E-state index contributed by atoms with van der Waals surface area (Å²) in [5.41, 5.74) is 0.610. The maximum atomic E-state index is 12.8. The van der Waals surface area contributed by atoms with Crippen LogP contribution in [0.2, 0.25) is 0 Å². The molecule has 34 heavy (non-hydrogen) atoms. The molecule has 0 spiro atoms. The first-order valence-electron chi connectivity index (χ1n) is 12.5. The second-order valence-electron chi connectivity index (χ2n) is 9.64. The zero-order chi connectivity index (χ0) is 23.3. The molecule has 3 aliphatic rings. The number of nitrogens with one attached hydrogen (secondary N) is 1. The van der Waals surface area contributed by atoms with E-state index in [-0.39, 0.29) is 17.9 Å². The molecule has 180 valence electrons. The molecule has 1 saturated carbocycles. The number of hydrogen-bond donors (Lipinski definition) is 1. The van der Waals surface area contributed by atoms with Gasteiger partial charge in [-0.2, -0.15) is 0 Å². The van der Waals surface area contributed by atoms with E-state index in [0.29, 0.717) is 24.4 Å². The minimum atomic E-state index is -0.0865. The van der Waals surface area contributed by atoms with Crippen LogP contribution < -0.4 is 10.1 Å². The number of rotatable bonds is 7. The lowest BCUT2D eigenvalue weighted by atomic mass is 9.91. The molecule has 2 heterocycles. The van der Waals surface area contributed by atoms with Crippen molar-refractivity contribution in [1.29, 1.82) is 0 Å². The molecule has 2 saturated heterocycles. The summed E-state index contributed by atoms with van der Waals surface area (Å²) < 4.78 is 5.80. The van der Waals surface area contributed by atoms with Crippen LogP contribution in [0.3, 0.4) is 0 Å². The van der Waals surface area contributed by atoms with Gasteiger partial charge >= 0.3 is 0 Å². The fraction of sp³-hybridized carbons (Fsp3) is 0.481. The Labute approximate surface area is 201 Å². The average Bonchev–Trinajstić information content (AvgIpc) is 3.26. The van der Waals surface area contributed by atoms with Gasteiger partial charge in [0.1, 0.15) is 11.5 Å². The predicted molar refractivity (Wildman–Crippen MR) is 131 cm³/mol. The molecule has 7 nitrogen and oxygen atoms in total. The van der Waals surface area contributed by atoms with E-state index in [2.05, 4.69) is 15.1 Å². The lowest BCUT2D eigenvalue weighted by Crippen LogP contribution is -2.55. The normalized spacial score (nSPS) is 21.8. The van der Waals surface area contributed by atoms with E-state index < -0.39 is 0 Å². The summed E-state index contributed by atoms with van der Waals surface area (Å²) in [4.78, 5) is 32.2. The first-order chi connectivity index (χ1) is 16.6. The number of nitrogens with zero attached hydrogens (tertiary/aromatic N) is 3. The Morgan fingerprint density at radius 1 is 0.853 bits per heavy atom. The highest BCUT2D eigenvalue weighted by Crippen LogP contribution is 2.25. The first-order valence-corrected chi connectivity index (χ1v) is 12.5. The third kappa shape index (κ3) is 5.59. The van der Waals surface area contributed by atoms with Crippen molar-refractivity contribution < 1.29 is 14.3 Å². The zero-order valence-corrected chi connectivity index (χ0v) is 19.7. The Kier molecular flexibility index (Phi) is 7.11. The Morgan fingerprint density at radius 2 is 1.56 bits per heavy atom. The maximum Gasteiger partial charge on any atom is 0.251 e. The van der Waals surface area contributed by atoms with Crippen molar-refractivity contribution in [1.82, 2.24) is 20.0 Å². The van der Waals surface area contributed by atoms with E-state index in [4.69, 9.17) is 4.74 Å². The van der Waals surface area contributed by atoms with Gasteiger partial charge in [-0.05, 0) is 55.7 Å². The smallest absolute Gasteiger partial charge is 0.251 e. The highest BCUT2D eigenvalue weighted by molar-refractivity contribution is 5.94. The summed E-state index contributed by atoms with van der Waals surface area (Å²) in [6.45, 7) is 5.69. The molecule has 1 N–H and O–H groups in total. The molecule has 1 atom stereocenters. The lowest BCUT2D eigenvalue weighted by Gasteiger charge is -2.43. The number of amides is 2. The van der Waals surface area contributed by atoms with E-state index in [1.807, 2.05) is 47.4 Å². The van der Waals surface area contributed by atoms with Crippen molar-refractivity contribution in [3.63, 3.8) is 0 Å². The van der Waals surface area contributed by atoms with E-state index in [0.717, 1.165) is 50.9 Å². The first kappa shape index (κ1) is 22.9. The molecule has 1 unspecified atom stereocenters. The standard InChI is InChI=1S/C27H34N4O3/c32-26(31-17-15-30(16-18-31)23-5-4-6-23)20-29-14-13-22(19-29)28-27(33)21-9-11-25(12-10-21)34-24-7-2-1-3-8-24/h1-3,7-12,22-23H,4-6,13-20H2,(H,28,33). The zero-order valence-electron chi connectivity index (χ0n) is 19.7. The molecule has 7 heteroatoms. The number of hydrogen-bond acceptors (Lipinski definition) is 5. The second kappa shape index (κ2) is 10.6. The van der Waals surface area contributed by atoms with Gasteiger partial charge in [0.25, 0.3) is 5.91 Å². The molecule has 3 fully saturated rings. The van der Waals surface area contributed by atoms with Crippen LogP contribution in [-0.2, 0) is 4.79 Å². The number of likely N-dealkylation sites (tertiary alicyclic amines) is 1. The summed E-state index contributed by atoms with van der Waals surface area (Å²) in [7, 11) is 0. The predicted octanol–water partition coefficient (Wildman–Crippen LogP) is 2.98. The number of piperazine rings is 1. The molecule has 0 aromatic heterocycles. The average molecular weight is 463 g/mol. The summed E-state index contributed by atoms with van der Waals surface area (Å²) >= 11 is 0. The van der Waals surface area contributed by atoms with Crippen molar-refractivity contribution in [2.24, 2.45) is 0 Å². The van der Waals surface area contributed by atoms with Gasteiger partial charge in [-0.25, -0.2) is 0 Å². The Balaban J connectivity index is 1.05. The third-order valence-corrected chi connectivity index (χ3v) is 7.32. The molecule has 2 aromatic rings. The summed E-state index contributed by atoms with van der Waals surface area (Å²) in [5.74, 6) is 1.59. The number of benzene rings is 2. The van der Waals surface area contributed by atoms with Crippen molar-refractivity contribution in [3.8, 4) is 11.5 Å². The van der Waals surface area contributed by atoms with Gasteiger partial charge in [0.15, 0.2) is 0 Å². The summed E-state index contributed by atoms with van der Waals surface area (Å²) in [6.07, 6.45) is 4.86. The largest absolute Gasteiger partial charge is 0.457 e. The minimum absolute atomic E-state index is 0.0657. The summed E-state index contributed by atoms with van der Waals surface area (Å²) in [6, 6.07) is 17.6. The quantitative estimate of drug-likeness (QED) is 0.685. The lowest BCUT2D eigenvalue weighted by molar-refractivity contribution is -0.134.